The van der Waals surface area contributed by atoms with Crippen LogP contribution < -0.4 is 11.4 Å². The first kappa shape index (κ1) is 22.3. The van der Waals surface area contributed by atoms with Gasteiger partial charge in [0.1, 0.15) is 13.2 Å². The molecule has 2 aromatic rings. The van der Waals surface area contributed by atoms with Gasteiger partial charge < -0.3 is 9.57 Å². The fourth-order valence-corrected chi connectivity index (χ4v) is 2.63. The van der Waals surface area contributed by atoms with Crippen molar-refractivity contribution in [2.45, 2.75) is 6.92 Å². The van der Waals surface area contributed by atoms with E-state index in [0.29, 0.717) is 5.71 Å². The van der Waals surface area contributed by atoms with Gasteiger partial charge in [-0.3, -0.25) is 9.13 Å². The first-order valence-electron chi connectivity index (χ1n) is 8.31. The maximum absolute atomic E-state index is 12.5. The van der Waals surface area contributed by atoms with Crippen molar-refractivity contribution in [2.24, 2.45) is 19.3 Å². The second kappa shape index (κ2) is 9.48. The summed E-state index contributed by atoms with van der Waals surface area (Å²) in [5.41, 5.74) is -0.741. The van der Waals surface area contributed by atoms with Gasteiger partial charge in [0, 0.05) is 14.1 Å². The van der Waals surface area contributed by atoms with Gasteiger partial charge in [0.2, 0.25) is 0 Å². The van der Waals surface area contributed by atoms with E-state index < -0.39 is 17.3 Å². The number of oxime groups is 1. The highest BCUT2D eigenvalue weighted by Gasteiger charge is 2.17. The number of ether oxygens (including phenoxy) is 1. The molecular formula is C18H19ClN4O5S. The van der Waals surface area contributed by atoms with E-state index in [9.17, 15) is 14.4 Å². The zero-order chi connectivity index (χ0) is 21.7. The molecule has 0 aliphatic heterocycles. The molecule has 0 aliphatic rings. The molecule has 0 N–H and O–H groups in total. The molecule has 9 nitrogen and oxygen atoms in total. The summed E-state index contributed by atoms with van der Waals surface area (Å²) in [5.74, 6) is -0.746. The number of esters is 1. The van der Waals surface area contributed by atoms with Gasteiger partial charge in [0.05, 0.1) is 22.0 Å². The van der Waals surface area contributed by atoms with Crippen molar-refractivity contribution in [3.05, 3.63) is 67.2 Å². The Kier molecular flexibility index (Phi) is 7.29. The average molecular weight is 439 g/mol. The van der Waals surface area contributed by atoms with Crippen molar-refractivity contribution < 1.29 is 14.4 Å². The van der Waals surface area contributed by atoms with Gasteiger partial charge in [-0.2, -0.15) is 0 Å². The summed E-state index contributed by atoms with van der Waals surface area (Å²) in [6, 6.07) is 4.15. The lowest BCUT2D eigenvalue weighted by Gasteiger charge is -2.12. The first-order valence-corrected chi connectivity index (χ1v) is 9.10. The lowest BCUT2D eigenvalue weighted by molar-refractivity contribution is 0.0558. The van der Waals surface area contributed by atoms with E-state index in [1.165, 1.54) is 38.4 Å². The van der Waals surface area contributed by atoms with Crippen LogP contribution >= 0.6 is 23.8 Å². The highest BCUT2D eigenvalue weighted by atomic mass is 35.5. The van der Waals surface area contributed by atoms with Gasteiger partial charge in [-0.1, -0.05) is 29.4 Å². The molecule has 1 heterocycles. The Morgan fingerprint density at radius 1 is 1.28 bits per heavy atom. The van der Waals surface area contributed by atoms with Crippen LogP contribution in [0.2, 0.25) is 5.02 Å². The standard InChI is InChI=1S/C18H19ClN4O5S/c1-5-8-28-20-11(2)10-27-15(24)13-9-12(6-7-14(13)19)23-16(25)21(3)18(29)22(4)17(23)26/h5-7,9H,1,8,10H2,2-4H3. The van der Waals surface area contributed by atoms with Crippen molar-refractivity contribution in [2.75, 3.05) is 13.2 Å². The molecule has 2 rings (SSSR count). The minimum absolute atomic E-state index is 0.0111. The Morgan fingerprint density at radius 2 is 1.90 bits per heavy atom. The quantitative estimate of drug-likeness (QED) is 0.164. The zero-order valence-electron chi connectivity index (χ0n) is 16.0. The molecule has 154 valence electrons. The number of carbonyl (C=O) groups is 1. The van der Waals surface area contributed by atoms with Gasteiger partial charge in [-0.05, 0) is 37.3 Å². The van der Waals surface area contributed by atoms with Crippen LogP contribution in [0.25, 0.3) is 5.69 Å². The smallest absolute Gasteiger partial charge is 0.340 e. The highest BCUT2D eigenvalue weighted by molar-refractivity contribution is 7.71. The summed E-state index contributed by atoms with van der Waals surface area (Å²) in [4.78, 5) is 42.4. The Labute approximate surface area is 176 Å². The summed E-state index contributed by atoms with van der Waals surface area (Å²) in [5, 5.41) is 3.85. The van der Waals surface area contributed by atoms with Gasteiger partial charge in [0.15, 0.2) is 4.77 Å². The van der Waals surface area contributed by atoms with E-state index in [4.69, 9.17) is 33.4 Å². The molecule has 0 amide bonds. The van der Waals surface area contributed by atoms with Crippen LogP contribution in [-0.4, -0.2) is 38.6 Å². The number of rotatable bonds is 7. The molecule has 0 fully saturated rings. The van der Waals surface area contributed by atoms with Crippen molar-refractivity contribution in [3.8, 4) is 5.69 Å². The fraction of sp³-hybridized carbons (Fsp3) is 0.278. The molecule has 0 radical (unpaired) electrons. The van der Waals surface area contributed by atoms with E-state index >= 15 is 0 Å². The molecule has 0 aliphatic carbocycles. The van der Waals surface area contributed by atoms with Crippen molar-refractivity contribution >= 4 is 35.5 Å². The summed E-state index contributed by atoms with van der Waals surface area (Å²) < 4.78 is 8.41. The number of hydrogen-bond acceptors (Lipinski definition) is 7. The second-order valence-corrected chi connectivity index (χ2v) is 6.72. The SMILES string of the molecule is C=CCON=C(C)COC(=O)c1cc(-n2c(=O)n(C)c(=S)n(C)c2=O)ccc1Cl. The third-order valence-electron chi connectivity index (χ3n) is 3.78. The largest absolute Gasteiger partial charge is 0.456 e. The van der Waals surface area contributed by atoms with E-state index in [2.05, 4.69) is 11.7 Å². The van der Waals surface area contributed by atoms with Crippen LogP contribution in [0, 0.1) is 4.77 Å². The maximum atomic E-state index is 12.5. The third kappa shape index (κ3) is 4.90. The molecule has 0 atom stereocenters. The molecular weight excluding hydrogens is 420 g/mol. The van der Waals surface area contributed by atoms with Gasteiger partial charge in [-0.15, -0.1) is 0 Å². The molecule has 0 bridgehead atoms. The van der Waals surface area contributed by atoms with Gasteiger partial charge >= 0.3 is 17.3 Å². The fourth-order valence-electron chi connectivity index (χ4n) is 2.27. The highest BCUT2D eigenvalue weighted by Crippen LogP contribution is 2.20. The average Bonchev–Trinajstić information content (AvgIpc) is 2.70. The predicted molar refractivity (Wildman–Crippen MR) is 112 cm³/mol. The van der Waals surface area contributed by atoms with Gasteiger partial charge in [-0.25, -0.2) is 19.0 Å². The lowest BCUT2D eigenvalue weighted by atomic mass is 10.2. The van der Waals surface area contributed by atoms with Crippen LogP contribution in [0.15, 0.2) is 45.6 Å². The van der Waals surface area contributed by atoms with Gasteiger partial charge in [0.25, 0.3) is 0 Å². The predicted octanol–water partition coefficient (Wildman–Crippen LogP) is 1.99. The molecule has 0 saturated carbocycles. The van der Waals surface area contributed by atoms with Crippen LogP contribution in [-0.2, 0) is 23.7 Å². The van der Waals surface area contributed by atoms with Crippen LogP contribution in [0.4, 0.5) is 0 Å². The topological polar surface area (TPSA) is 96.8 Å². The molecule has 0 unspecified atom stereocenters. The van der Waals surface area contributed by atoms with E-state index in [1.54, 1.807) is 6.92 Å². The normalized spacial score (nSPS) is 11.2. The summed E-state index contributed by atoms with van der Waals surface area (Å²) in [7, 11) is 2.89. The van der Waals surface area contributed by atoms with Crippen LogP contribution in [0.3, 0.4) is 0 Å². The molecule has 0 saturated heterocycles. The number of carbonyl (C=O) groups excluding carboxylic acids is 1. The monoisotopic (exact) mass is 438 g/mol. The molecule has 29 heavy (non-hydrogen) atoms. The molecule has 1 aromatic heterocycles. The summed E-state index contributed by atoms with van der Waals surface area (Å²) >= 11 is 11.2. The number of hydrogen-bond donors (Lipinski definition) is 0. The van der Waals surface area contributed by atoms with E-state index in [-0.39, 0.29) is 34.3 Å². The minimum atomic E-state index is -0.746. The summed E-state index contributed by atoms with van der Waals surface area (Å²) in [6.45, 7) is 5.21. The number of benzene rings is 1. The van der Waals surface area contributed by atoms with Crippen LogP contribution in [0.1, 0.15) is 17.3 Å². The minimum Gasteiger partial charge on any atom is -0.456 e. The Hall–Kier alpha value is -2.98. The maximum Gasteiger partial charge on any atom is 0.340 e. The third-order valence-corrected chi connectivity index (χ3v) is 4.66. The molecule has 11 heteroatoms. The second-order valence-electron chi connectivity index (χ2n) is 5.95. The van der Waals surface area contributed by atoms with Crippen molar-refractivity contribution in [3.63, 3.8) is 0 Å². The first-order chi connectivity index (χ1) is 13.7. The van der Waals surface area contributed by atoms with Crippen LogP contribution in [0.5, 0.6) is 0 Å². The lowest BCUT2D eigenvalue weighted by Crippen LogP contribution is -2.43. The number of halogens is 1. The van der Waals surface area contributed by atoms with Crippen molar-refractivity contribution in [1.29, 1.82) is 0 Å². The molecule has 0 spiro atoms. The number of aromatic nitrogens is 3. The molecule has 1 aromatic carbocycles. The van der Waals surface area contributed by atoms with E-state index in [0.717, 1.165) is 13.7 Å². The van der Waals surface area contributed by atoms with Crippen molar-refractivity contribution in [1.82, 2.24) is 13.7 Å². The Bertz CT molecular complexity index is 1120. The van der Waals surface area contributed by atoms with E-state index in [1.807, 2.05) is 0 Å². The zero-order valence-corrected chi connectivity index (χ0v) is 17.6. The summed E-state index contributed by atoms with van der Waals surface area (Å²) in [6.07, 6.45) is 1.53. The Morgan fingerprint density at radius 3 is 2.48 bits per heavy atom. The number of nitrogens with zero attached hydrogens (tertiary/aromatic N) is 4. The Balaban J connectivity index is 2.39.